The zero-order valence-corrected chi connectivity index (χ0v) is 22.0. The first-order valence-electron chi connectivity index (χ1n) is 10.7. The van der Waals surface area contributed by atoms with Gasteiger partial charge in [-0.3, -0.25) is 4.99 Å². The van der Waals surface area contributed by atoms with Crippen LogP contribution in [0.3, 0.4) is 0 Å². The van der Waals surface area contributed by atoms with Crippen molar-refractivity contribution in [3.63, 3.8) is 0 Å². The largest absolute Gasteiger partial charge is 0.378 e. The molecule has 0 aliphatic carbocycles. The lowest BCUT2D eigenvalue weighted by Crippen LogP contribution is -2.54. The average Bonchev–Trinajstić information content (AvgIpc) is 2.73. The predicted molar refractivity (Wildman–Crippen MR) is 136 cm³/mol. The smallest absolute Gasteiger partial charge is 0.216 e. The van der Waals surface area contributed by atoms with Gasteiger partial charge in [0.25, 0.3) is 0 Å². The molecule has 0 saturated carbocycles. The first-order valence-corrected chi connectivity index (χ1v) is 12.3. The number of nitrogens with zero attached hydrogens (tertiary/aromatic N) is 3. The van der Waals surface area contributed by atoms with Gasteiger partial charge in [0.1, 0.15) is 0 Å². The highest BCUT2D eigenvalue weighted by Crippen LogP contribution is 2.09. The van der Waals surface area contributed by atoms with Gasteiger partial charge in [0.2, 0.25) is 10.0 Å². The van der Waals surface area contributed by atoms with Crippen molar-refractivity contribution in [1.29, 1.82) is 0 Å². The van der Waals surface area contributed by atoms with Crippen LogP contribution in [0.1, 0.15) is 26.3 Å². The summed E-state index contributed by atoms with van der Waals surface area (Å²) in [6.45, 7) is 10.6. The minimum Gasteiger partial charge on any atom is -0.378 e. The maximum Gasteiger partial charge on any atom is 0.216 e. The Morgan fingerprint density at radius 1 is 1.13 bits per heavy atom. The topological polar surface area (TPSA) is 83.5 Å². The van der Waals surface area contributed by atoms with Crippen molar-refractivity contribution < 1.29 is 17.9 Å². The van der Waals surface area contributed by atoms with Crippen molar-refractivity contribution >= 4 is 40.0 Å². The molecule has 0 unspecified atom stereocenters. The zero-order chi connectivity index (χ0) is 21.8. The molecule has 0 amide bonds. The molecule has 1 N–H and O–H groups in total. The molecule has 1 saturated heterocycles. The fourth-order valence-corrected chi connectivity index (χ4v) is 4.39. The van der Waals surface area contributed by atoms with Gasteiger partial charge in [0.05, 0.1) is 38.2 Å². The summed E-state index contributed by atoms with van der Waals surface area (Å²) < 4.78 is 37.6. The summed E-state index contributed by atoms with van der Waals surface area (Å²) in [5, 5.41) is 3.29. The number of hydrogen-bond acceptors (Lipinski definition) is 5. The first kappa shape index (κ1) is 28.1. The van der Waals surface area contributed by atoms with Gasteiger partial charge in [0.15, 0.2) is 5.96 Å². The van der Waals surface area contributed by atoms with Crippen LogP contribution in [0.25, 0.3) is 0 Å². The molecule has 0 atom stereocenters. The van der Waals surface area contributed by atoms with Crippen LogP contribution in [0.4, 0.5) is 0 Å². The van der Waals surface area contributed by atoms with Crippen molar-refractivity contribution in [3.05, 3.63) is 35.9 Å². The number of aliphatic imine (C=N–C) groups is 1. The van der Waals surface area contributed by atoms with Crippen LogP contribution in [0.2, 0.25) is 0 Å². The second-order valence-corrected chi connectivity index (χ2v) is 9.48. The zero-order valence-electron chi connectivity index (χ0n) is 18.8. The van der Waals surface area contributed by atoms with Crippen molar-refractivity contribution in [1.82, 2.24) is 14.5 Å². The first-order chi connectivity index (χ1) is 14.4. The molecule has 0 spiro atoms. The third-order valence-electron chi connectivity index (χ3n) is 4.67. The Morgan fingerprint density at radius 3 is 2.42 bits per heavy atom. The van der Waals surface area contributed by atoms with Gasteiger partial charge in [-0.25, -0.2) is 8.42 Å². The van der Waals surface area contributed by atoms with Gasteiger partial charge in [-0.05, 0) is 26.3 Å². The Bertz CT molecular complexity index is 739. The van der Waals surface area contributed by atoms with E-state index in [4.69, 9.17) is 9.47 Å². The van der Waals surface area contributed by atoms with Crippen molar-refractivity contribution in [2.24, 2.45) is 4.99 Å². The molecule has 1 aliphatic heterocycles. The Hall–Kier alpha value is -0.950. The third-order valence-corrected chi connectivity index (χ3v) is 6.50. The molecule has 8 nitrogen and oxygen atoms in total. The minimum atomic E-state index is -3.29. The molecule has 0 radical (unpaired) electrons. The van der Waals surface area contributed by atoms with E-state index in [1.54, 1.807) is 4.31 Å². The van der Waals surface area contributed by atoms with E-state index in [1.807, 2.05) is 51.1 Å². The molecule has 10 heteroatoms. The fourth-order valence-electron chi connectivity index (χ4n) is 3.10. The second-order valence-electron chi connectivity index (χ2n) is 7.40. The molecule has 0 bridgehead atoms. The quantitative estimate of drug-likeness (QED) is 0.191. The van der Waals surface area contributed by atoms with Crippen molar-refractivity contribution in [2.45, 2.75) is 33.5 Å². The average molecular weight is 569 g/mol. The number of ether oxygens (including phenoxy) is 2. The number of halogens is 1. The van der Waals surface area contributed by atoms with Gasteiger partial charge in [-0.2, -0.15) is 4.31 Å². The number of nitrogens with one attached hydrogen (secondary N) is 1. The molecule has 2 rings (SSSR count). The maximum atomic E-state index is 12.5. The molecule has 0 aromatic heterocycles. The molecule has 1 heterocycles. The highest BCUT2D eigenvalue weighted by Gasteiger charge is 2.27. The van der Waals surface area contributed by atoms with E-state index in [2.05, 4.69) is 15.2 Å². The summed E-state index contributed by atoms with van der Waals surface area (Å²) in [4.78, 5) is 6.75. The van der Waals surface area contributed by atoms with Crippen LogP contribution >= 0.6 is 24.0 Å². The van der Waals surface area contributed by atoms with Gasteiger partial charge in [-0.1, -0.05) is 30.3 Å². The molecule has 1 fully saturated rings. The Labute approximate surface area is 204 Å². The Kier molecular flexibility index (Phi) is 13.6. The summed E-state index contributed by atoms with van der Waals surface area (Å²) in [5.74, 6) is 0.832. The summed E-state index contributed by atoms with van der Waals surface area (Å²) in [6, 6.07) is 10.1. The number of rotatable bonds is 11. The number of hydrogen-bond donors (Lipinski definition) is 1. The Morgan fingerprint density at radius 2 is 1.81 bits per heavy atom. The monoisotopic (exact) mass is 568 g/mol. The van der Waals surface area contributed by atoms with E-state index in [-0.39, 0.29) is 42.4 Å². The second kappa shape index (κ2) is 15.0. The maximum absolute atomic E-state index is 12.5. The van der Waals surface area contributed by atoms with Gasteiger partial charge in [0, 0.05) is 32.7 Å². The molecule has 1 aromatic carbocycles. The molecule has 178 valence electrons. The van der Waals surface area contributed by atoms with Crippen LogP contribution in [0, 0.1) is 0 Å². The van der Waals surface area contributed by atoms with E-state index >= 15 is 0 Å². The summed E-state index contributed by atoms with van der Waals surface area (Å²) >= 11 is 0. The van der Waals surface area contributed by atoms with Gasteiger partial charge in [-0.15, -0.1) is 24.0 Å². The predicted octanol–water partition coefficient (Wildman–Crippen LogP) is 2.16. The van der Waals surface area contributed by atoms with Crippen LogP contribution < -0.4 is 5.32 Å². The third kappa shape index (κ3) is 10.5. The lowest BCUT2D eigenvalue weighted by Gasteiger charge is -2.35. The Balaban J connectivity index is 0.00000480. The van der Waals surface area contributed by atoms with Crippen LogP contribution in [0.5, 0.6) is 0 Å². The van der Waals surface area contributed by atoms with Crippen molar-refractivity contribution in [3.8, 4) is 0 Å². The minimum absolute atomic E-state index is 0. The molecule has 1 aromatic rings. The molecule has 31 heavy (non-hydrogen) atoms. The fraction of sp³-hybridized carbons (Fsp3) is 0.667. The number of guanidine groups is 1. The van der Waals surface area contributed by atoms with E-state index in [1.165, 1.54) is 0 Å². The standard InChI is InChI=1S/C21H36N4O4S.HI/c1-4-22-21(23-10-15-28-18-20-8-6-5-7-9-20)24-11-13-25(14-12-24)30(26,27)17-16-29-19(2)3;/h5-9,19H,4,10-18H2,1-3H3,(H,22,23);1H. The number of benzene rings is 1. The molecule has 1 aliphatic rings. The van der Waals surface area contributed by atoms with E-state index in [9.17, 15) is 8.42 Å². The van der Waals surface area contributed by atoms with Crippen LogP contribution in [0.15, 0.2) is 35.3 Å². The lowest BCUT2D eigenvalue weighted by atomic mass is 10.2. The number of piperazine rings is 1. The van der Waals surface area contributed by atoms with Gasteiger partial charge < -0.3 is 19.7 Å². The normalized spacial score (nSPS) is 15.7. The van der Waals surface area contributed by atoms with E-state index < -0.39 is 10.0 Å². The SMILES string of the molecule is CCNC(=NCCOCc1ccccc1)N1CCN(S(=O)(=O)CCOC(C)C)CC1.I. The summed E-state index contributed by atoms with van der Waals surface area (Å²) in [6.07, 6.45) is 0.0348. The van der Waals surface area contributed by atoms with Crippen LogP contribution in [-0.2, 0) is 26.1 Å². The van der Waals surface area contributed by atoms with E-state index in [0.29, 0.717) is 45.9 Å². The highest BCUT2D eigenvalue weighted by molar-refractivity contribution is 14.0. The molecular weight excluding hydrogens is 531 g/mol. The van der Waals surface area contributed by atoms with Gasteiger partial charge >= 0.3 is 0 Å². The van der Waals surface area contributed by atoms with Crippen LogP contribution in [-0.4, -0.2) is 87.9 Å². The lowest BCUT2D eigenvalue weighted by molar-refractivity contribution is 0.0904. The molecular formula is C21H37IN4O4S. The highest BCUT2D eigenvalue weighted by atomic mass is 127. The van der Waals surface area contributed by atoms with Crippen molar-refractivity contribution in [2.75, 3.05) is 58.2 Å². The van der Waals surface area contributed by atoms with E-state index in [0.717, 1.165) is 18.1 Å². The summed E-state index contributed by atoms with van der Waals surface area (Å²) in [5.41, 5.74) is 1.14. The summed E-state index contributed by atoms with van der Waals surface area (Å²) in [7, 11) is -3.29. The number of sulfonamides is 1.